The first-order valence-electron chi connectivity index (χ1n) is 20.0. The summed E-state index contributed by atoms with van der Waals surface area (Å²) >= 11 is 0. The molecule has 0 atom stereocenters. The molecule has 1 heterocycles. The molecule has 0 saturated carbocycles. The minimum Gasteiger partial charge on any atom is -0.494 e. The second kappa shape index (κ2) is 25.0. The van der Waals surface area contributed by atoms with Crippen molar-refractivity contribution < 1.29 is 57.3 Å². The average Bonchev–Trinajstić information content (AvgIpc) is 3.28. The van der Waals surface area contributed by atoms with E-state index in [0.29, 0.717) is 79.5 Å². The van der Waals surface area contributed by atoms with Gasteiger partial charge in [0, 0.05) is 30.0 Å². The molecule has 1 aliphatic heterocycles. The summed E-state index contributed by atoms with van der Waals surface area (Å²) in [5, 5.41) is 0. The van der Waals surface area contributed by atoms with Gasteiger partial charge in [0.1, 0.15) is 37.1 Å². The normalized spacial score (nSPS) is 11.7. The van der Waals surface area contributed by atoms with Crippen LogP contribution in [-0.2, 0) is 30.6 Å². The number of carbonyl (C=O) groups is 3. The lowest BCUT2D eigenvalue weighted by atomic mass is 10.2. The van der Waals surface area contributed by atoms with Crippen LogP contribution in [0.3, 0.4) is 0 Å². The highest BCUT2D eigenvalue weighted by Gasteiger charge is 2.14. The number of fused-ring (bicyclic) bond motifs is 1. The highest BCUT2D eigenvalue weighted by molar-refractivity contribution is 5.92. The Kier molecular flexibility index (Phi) is 18.5. The third-order valence-corrected chi connectivity index (χ3v) is 8.89. The summed E-state index contributed by atoms with van der Waals surface area (Å²) in [6.07, 6.45) is 11.0. The van der Waals surface area contributed by atoms with Gasteiger partial charge >= 0.3 is 17.9 Å². The Bertz CT molecular complexity index is 2030. The highest BCUT2D eigenvalue weighted by atomic mass is 17.2. The van der Waals surface area contributed by atoms with E-state index in [1.165, 1.54) is 6.08 Å². The molecule has 0 saturated heterocycles. The van der Waals surface area contributed by atoms with E-state index in [1.807, 2.05) is 30.3 Å². The molecule has 5 rings (SSSR count). The Labute approximate surface area is 350 Å². The average molecular weight is 822 g/mol. The molecular weight excluding hydrogens is 771 g/mol. The van der Waals surface area contributed by atoms with Gasteiger partial charge in [-0.1, -0.05) is 25.3 Å². The number of aliphatic imine (C=N–C) groups is 1. The summed E-state index contributed by atoms with van der Waals surface area (Å²) < 4.78 is 38.7. The number of carbonyl (C=O) groups excluding carboxylic acids is 3. The van der Waals surface area contributed by atoms with Crippen LogP contribution in [0.4, 0.5) is 5.69 Å². The molecule has 0 bridgehead atoms. The monoisotopic (exact) mass is 821 g/mol. The SMILES string of the molecule is C=CC(=O)OCCCCCCOc1ccc(COOc2ccc(OC(=O)c3ccc(OCCCCCCOC(=O)C=C)cc3)cc2C=Nc2ccc3c(c2)OCCO3)cc1. The molecule has 4 aromatic rings. The first-order chi connectivity index (χ1) is 29.4. The van der Waals surface area contributed by atoms with Crippen LogP contribution < -0.4 is 28.6 Å². The van der Waals surface area contributed by atoms with Crippen LogP contribution in [0, 0.1) is 0 Å². The predicted octanol–water partition coefficient (Wildman–Crippen LogP) is 9.28. The van der Waals surface area contributed by atoms with Crippen molar-refractivity contribution in [2.45, 2.75) is 58.0 Å². The molecule has 4 aromatic carbocycles. The second-order valence-electron chi connectivity index (χ2n) is 13.5. The van der Waals surface area contributed by atoms with Crippen molar-refractivity contribution in [3.63, 3.8) is 0 Å². The number of rotatable bonds is 26. The third-order valence-electron chi connectivity index (χ3n) is 8.89. The summed E-state index contributed by atoms with van der Waals surface area (Å²) in [4.78, 5) is 51.4. The Morgan fingerprint density at radius 2 is 1.18 bits per heavy atom. The fourth-order valence-electron chi connectivity index (χ4n) is 5.68. The maximum absolute atomic E-state index is 13.1. The fourth-order valence-corrected chi connectivity index (χ4v) is 5.68. The van der Waals surface area contributed by atoms with Crippen LogP contribution in [-0.4, -0.2) is 63.8 Å². The largest absolute Gasteiger partial charge is 0.494 e. The van der Waals surface area contributed by atoms with Crippen LogP contribution >= 0.6 is 0 Å². The zero-order valence-corrected chi connectivity index (χ0v) is 33.7. The van der Waals surface area contributed by atoms with Crippen molar-refractivity contribution in [2.75, 3.05) is 39.6 Å². The van der Waals surface area contributed by atoms with Crippen molar-refractivity contribution in [3.05, 3.63) is 127 Å². The van der Waals surface area contributed by atoms with Gasteiger partial charge in [-0.05, 0) is 124 Å². The van der Waals surface area contributed by atoms with E-state index < -0.39 is 17.9 Å². The Morgan fingerprint density at radius 3 is 1.80 bits per heavy atom. The topological polar surface area (TPSA) is 147 Å². The van der Waals surface area contributed by atoms with Crippen molar-refractivity contribution in [1.82, 2.24) is 0 Å². The zero-order valence-electron chi connectivity index (χ0n) is 33.7. The Morgan fingerprint density at radius 1 is 0.617 bits per heavy atom. The number of unbranched alkanes of at least 4 members (excludes halogenated alkanes) is 6. The molecule has 1 aliphatic rings. The molecule has 0 amide bonds. The van der Waals surface area contributed by atoms with Crippen molar-refractivity contribution >= 4 is 29.8 Å². The van der Waals surface area contributed by atoms with Gasteiger partial charge in [-0.25, -0.2) is 14.4 Å². The zero-order chi connectivity index (χ0) is 42.2. The summed E-state index contributed by atoms with van der Waals surface area (Å²) in [5.41, 5.74) is 2.34. The number of esters is 3. The van der Waals surface area contributed by atoms with E-state index in [-0.39, 0.29) is 12.4 Å². The van der Waals surface area contributed by atoms with Crippen LogP contribution in [0.2, 0.25) is 0 Å². The van der Waals surface area contributed by atoms with E-state index in [9.17, 15) is 14.4 Å². The maximum Gasteiger partial charge on any atom is 0.343 e. The first-order valence-corrected chi connectivity index (χ1v) is 20.0. The number of benzene rings is 4. The van der Waals surface area contributed by atoms with E-state index in [0.717, 1.165) is 68.8 Å². The third kappa shape index (κ3) is 15.6. The molecule has 0 unspecified atom stereocenters. The molecule has 0 radical (unpaired) electrons. The lowest BCUT2D eigenvalue weighted by Crippen LogP contribution is -2.14. The van der Waals surface area contributed by atoms with E-state index in [4.69, 9.17) is 42.9 Å². The summed E-state index contributed by atoms with van der Waals surface area (Å²) in [5.74, 6) is 1.92. The van der Waals surface area contributed by atoms with Crippen molar-refractivity contribution in [2.24, 2.45) is 4.99 Å². The molecule has 13 nitrogen and oxygen atoms in total. The molecule has 13 heteroatoms. The molecule has 60 heavy (non-hydrogen) atoms. The van der Waals surface area contributed by atoms with Crippen molar-refractivity contribution in [1.29, 1.82) is 0 Å². The molecule has 0 aromatic heterocycles. The number of nitrogens with zero attached hydrogens (tertiary/aromatic N) is 1. The van der Waals surface area contributed by atoms with Gasteiger partial charge in [0.05, 0.1) is 37.7 Å². The van der Waals surface area contributed by atoms with Gasteiger partial charge < -0.3 is 38.0 Å². The van der Waals surface area contributed by atoms with E-state index in [1.54, 1.807) is 60.8 Å². The second-order valence-corrected chi connectivity index (χ2v) is 13.5. The summed E-state index contributed by atoms with van der Waals surface area (Å²) in [6.45, 7) is 9.73. The van der Waals surface area contributed by atoms with E-state index in [2.05, 4.69) is 18.2 Å². The lowest BCUT2D eigenvalue weighted by molar-refractivity contribution is -0.217. The lowest BCUT2D eigenvalue weighted by Gasteiger charge is -2.18. The molecule has 0 aliphatic carbocycles. The van der Waals surface area contributed by atoms with Gasteiger partial charge in [-0.2, -0.15) is 4.89 Å². The quantitative estimate of drug-likeness (QED) is 0.0113. The minimum absolute atomic E-state index is 0.154. The minimum atomic E-state index is -0.547. The van der Waals surface area contributed by atoms with Gasteiger partial charge in [0.25, 0.3) is 0 Å². The summed E-state index contributed by atoms with van der Waals surface area (Å²) in [7, 11) is 0. The molecule has 316 valence electrons. The van der Waals surface area contributed by atoms with Crippen LogP contribution in [0.5, 0.6) is 34.5 Å². The number of ether oxygens (including phenoxy) is 7. The standard InChI is InChI=1S/C47H51NO12/c1-3-45(49)56-27-11-7-5-9-25-52-39-18-13-35(14-19-39)34-58-60-42-24-22-41(31-37(42)33-48-38-17-23-43-44(32-38)55-30-29-54-43)59-47(51)36-15-20-40(21-16-36)53-26-10-6-8-12-28-57-46(50)4-2/h3-4,13-24,31-33H,1-2,5-12,25-30,34H2. The fraction of sp³-hybridized carbons (Fsp3) is 0.319. The summed E-state index contributed by atoms with van der Waals surface area (Å²) in [6, 6.07) is 24.6. The van der Waals surface area contributed by atoms with Crippen molar-refractivity contribution in [3.8, 4) is 34.5 Å². The molecule has 0 N–H and O–H groups in total. The van der Waals surface area contributed by atoms with Gasteiger partial charge in [0.2, 0.25) is 0 Å². The molecule has 0 spiro atoms. The highest BCUT2D eigenvalue weighted by Crippen LogP contribution is 2.34. The van der Waals surface area contributed by atoms with Crippen LogP contribution in [0.1, 0.15) is 72.9 Å². The van der Waals surface area contributed by atoms with Gasteiger partial charge in [-0.15, -0.1) is 0 Å². The molecular formula is C47H51NO12. The number of hydrogen-bond donors (Lipinski definition) is 0. The van der Waals surface area contributed by atoms with Crippen LogP contribution in [0.25, 0.3) is 0 Å². The first kappa shape index (κ1) is 44.5. The molecule has 0 fully saturated rings. The van der Waals surface area contributed by atoms with Crippen LogP contribution in [0.15, 0.2) is 115 Å². The Hall–Kier alpha value is -6.60. The van der Waals surface area contributed by atoms with Gasteiger partial charge in [-0.3, -0.25) is 4.99 Å². The van der Waals surface area contributed by atoms with Gasteiger partial charge in [0.15, 0.2) is 17.2 Å². The van der Waals surface area contributed by atoms with E-state index >= 15 is 0 Å². The smallest absolute Gasteiger partial charge is 0.343 e. The number of hydrogen-bond acceptors (Lipinski definition) is 13. The predicted molar refractivity (Wildman–Crippen MR) is 225 cm³/mol. The Balaban J connectivity index is 1.12. The maximum atomic E-state index is 13.1.